The van der Waals surface area contributed by atoms with Crippen molar-refractivity contribution < 1.29 is 0 Å². The lowest BCUT2D eigenvalue weighted by Gasteiger charge is -2.27. The molecule has 0 aromatic rings. The Morgan fingerprint density at radius 1 is 1.10 bits per heavy atom. The number of rotatable bonds is 1. The Hall–Kier alpha value is 0.730. The molecule has 1 aliphatic rings. The third-order valence-corrected chi connectivity index (χ3v) is 3.89. The molecular formula is C9H17I. The van der Waals surface area contributed by atoms with Gasteiger partial charge in [0.2, 0.25) is 0 Å². The van der Waals surface area contributed by atoms with Crippen molar-refractivity contribution in [2.75, 3.05) is 0 Å². The first-order valence-corrected chi connectivity index (χ1v) is 5.58. The predicted octanol–water partition coefficient (Wildman–Crippen LogP) is 3.64. The average molecular weight is 252 g/mol. The summed E-state index contributed by atoms with van der Waals surface area (Å²) >= 11 is 2.59. The molecule has 0 amide bonds. The normalized spacial score (nSPS) is 34.8. The van der Waals surface area contributed by atoms with Crippen LogP contribution in [0.5, 0.6) is 0 Å². The molecule has 1 heteroatoms. The number of halogens is 1. The largest absolute Gasteiger partial charge is 0.0826 e. The van der Waals surface area contributed by atoms with Crippen molar-refractivity contribution in [2.24, 2.45) is 11.8 Å². The zero-order chi connectivity index (χ0) is 7.56. The summed E-state index contributed by atoms with van der Waals surface area (Å²) in [6.07, 6.45) is 5.88. The first-order valence-electron chi connectivity index (χ1n) is 4.34. The molecule has 0 unspecified atom stereocenters. The Morgan fingerprint density at radius 3 is 2.00 bits per heavy atom. The van der Waals surface area contributed by atoms with E-state index < -0.39 is 0 Å². The van der Waals surface area contributed by atoms with Gasteiger partial charge in [0.05, 0.1) is 0 Å². The molecule has 0 aromatic carbocycles. The fourth-order valence-electron chi connectivity index (χ4n) is 1.75. The monoisotopic (exact) mass is 252 g/mol. The Kier molecular flexibility index (Phi) is 3.47. The van der Waals surface area contributed by atoms with Gasteiger partial charge in [0, 0.05) is 3.92 Å². The van der Waals surface area contributed by atoms with Gasteiger partial charge in [0.1, 0.15) is 0 Å². The maximum absolute atomic E-state index is 2.59. The number of hydrogen-bond acceptors (Lipinski definition) is 0. The summed E-state index contributed by atoms with van der Waals surface area (Å²) in [6, 6.07) is 0. The van der Waals surface area contributed by atoms with Gasteiger partial charge in [-0.05, 0) is 37.5 Å². The second-order valence-electron chi connectivity index (χ2n) is 3.76. The molecule has 1 aliphatic carbocycles. The second-order valence-corrected chi connectivity index (χ2v) is 5.52. The van der Waals surface area contributed by atoms with Crippen LogP contribution in [0.2, 0.25) is 0 Å². The molecule has 0 saturated heterocycles. The summed E-state index contributed by atoms with van der Waals surface area (Å²) in [5.41, 5.74) is 0. The standard InChI is InChI=1S/C9H17I/c1-7(2)8-3-5-9(10)6-4-8/h7-9H,3-6H2,1-2H3/t8-,9-. The van der Waals surface area contributed by atoms with E-state index in [1.54, 1.807) is 0 Å². The van der Waals surface area contributed by atoms with Crippen molar-refractivity contribution in [1.82, 2.24) is 0 Å². The quantitative estimate of drug-likeness (QED) is 0.493. The lowest BCUT2D eigenvalue weighted by molar-refractivity contribution is 0.287. The fourth-order valence-corrected chi connectivity index (χ4v) is 2.46. The lowest BCUT2D eigenvalue weighted by Crippen LogP contribution is -2.17. The fraction of sp³-hybridized carbons (Fsp3) is 1.00. The van der Waals surface area contributed by atoms with Gasteiger partial charge < -0.3 is 0 Å². The minimum absolute atomic E-state index is 0.920. The van der Waals surface area contributed by atoms with E-state index in [-0.39, 0.29) is 0 Å². The van der Waals surface area contributed by atoms with Gasteiger partial charge in [-0.2, -0.15) is 0 Å². The van der Waals surface area contributed by atoms with Gasteiger partial charge >= 0.3 is 0 Å². The number of hydrogen-bond donors (Lipinski definition) is 0. The molecule has 0 spiro atoms. The highest BCUT2D eigenvalue weighted by molar-refractivity contribution is 14.1. The highest BCUT2D eigenvalue weighted by Gasteiger charge is 2.20. The van der Waals surface area contributed by atoms with E-state index in [0.29, 0.717) is 0 Å². The molecule has 10 heavy (non-hydrogen) atoms. The summed E-state index contributed by atoms with van der Waals surface area (Å²) in [5.74, 6) is 1.95. The van der Waals surface area contributed by atoms with Gasteiger partial charge in [-0.15, -0.1) is 0 Å². The Balaban J connectivity index is 2.26. The van der Waals surface area contributed by atoms with Crippen molar-refractivity contribution in [2.45, 2.75) is 43.5 Å². The summed E-state index contributed by atoms with van der Waals surface area (Å²) in [4.78, 5) is 0. The molecule has 0 aliphatic heterocycles. The van der Waals surface area contributed by atoms with Crippen LogP contribution in [0.4, 0.5) is 0 Å². The van der Waals surface area contributed by atoms with Gasteiger partial charge in [-0.25, -0.2) is 0 Å². The summed E-state index contributed by atoms with van der Waals surface area (Å²) < 4.78 is 0.979. The van der Waals surface area contributed by atoms with Crippen molar-refractivity contribution in [1.29, 1.82) is 0 Å². The highest BCUT2D eigenvalue weighted by atomic mass is 127. The topological polar surface area (TPSA) is 0 Å². The van der Waals surface area contributed by atoms with Crippen LogP contribution in [0.1, 0.15) is 39.5 Å². The van der Waals surface area contributed by atoms with E-state index in [1.165, 1.54) is 25.7 Å². The highest BCUT2D eigenvalue weighted by Crippen LogP contribution is 2.32. The molecule has 0 bridgehead atoms. The lowest BCUT2D eigenvalue weighted by atomic mass is 9.82. The minimum Gasteiger partial charge on any atom is -0.0826 e. The molecule has 0 radical (unpaired) electrons. The van der Waals surface area contributed by atoms with Crippen LogP contribution in [0, 0.1) is 11.8 Å². The van der Waals surface area contributed by atoms with Crippen LogP contribution in [0.25, 0.3) is 0 Å². The van der Waals surface area contributed by atoms with Crippen LogP contribution in [-0.2, 0) is 0 Å². The SMILES string of the molecule is CC(C)[C@H]1CC[C@H](I)CC1. The van der Waals surface area contributed by atoms with Crippen LogP contribution in [0.15, 0.2) is 0 Å². The molecule has 1 fully saturated rings. The molecule has 1 saturated carbocycles. The van der Waals surface area contributed by atoms with Crippen molar-refractivity contribution >= 4 is 22.6 Å². The van der Waals surface area contributed by atoms with Gasteiger partial charge in [-0.3, -0.25) is 0 Å². The first kappa shape index (κ1) is 8.82. The van der Waals surface area contributed by atoms with Crippen LogP contribution < -0.4 is 0 Å². The molecule has 0 heterocycles. The smallest absolute Gasteiger partial charge is 0.0110 e. The molecule has 0 atom stereocenters. The van der Waals surface area contributed by atoms with Crippen molar-refractivity contribution in [3.8, 4) is 0 Å². The van der Waals surface area contributed by atoms with E-state index in [4.69, 9.17) is 0 Å². The van der Waals surface area contributed by atoms with E-state index >= 15 is 0 Å². The Labute approximate surface area is 77.9 Å². The van der Waals surface area contributed by atoms with Gasteiger partial charge in [0.15, 0.2) is 0 Å². The summed E-state index contributed by atoms with van der Waals surface area (Å²) in [5, 5.41) is 0. The van der Waals surface area contributed by atoms with Gasteiger partial charge in [0.25, 0.3) is 0 Å². The zero-order valence-electron chi connectivity index (χ0n) is 6.94. The van der Waals surface area contributed by atoms with Crippen LogP contribution in [-0.4, -0.2) is 3.92 Å². The minimum atomic E-state index is 0.920. The Bertz CT molecular complexity index is 90.9. The maximum atomic E-state index is 2.59. The Morgan fingerprint density at radius 2 is 1.60 bits per heavy atom. The molecule has 1 rings (SSSR count). The predicted molar refractivity (Wildman–Crippen MR) is 54.6 cm³/mol. The van der Waals surface area contributed by atoms with Crippen molar-refractivity contribution in [3.05, 3.63) is 0 Å². The first-order chi connectivity index (χ1) is 4.70. The van der Waals surface area contributed by atoms with E-state index in [0.717, 1.165) is 15.8 Å². The summed E-state index contributed by atoms with van der Waals surface area (Å²) in [6.45, 7) is 4.72. The van der Waals surface area contributed by atoms with Crippen LogP contribution in [0.3, 0.4) is 0 Å². The maximum Gasteiger partial charge on any atom is 0.0110 e. The zero-order valence-corrected chi connectivity index (χ0v) is 9.10. The molecule has 0 aromatic heterocycles. The molecule has 0 nitrogen and oxygen atoms in total. The second kappa shape index (κ2) is 3.93. The third-order valence-electron chi connectivity index (χ3n) is 2.64. The van der Waals surface area contributed by atoms with Gasteiger partial charge in [-0.1, -0.05) is 36.4 Å². The third kappa shape index (κ3) is 2.40. The van der Waals surface area contributed by atoms with Crippen LogP contribution >= 0.6 is 22.6 Å². The van der Waals surface area contributed by atoms with Crippen molar-refractivity contribution in [3.63, 3.8) is 0 Å². The number of alkyl halides is 1. The molecule has 60 valence electrons. The summed E-state index contributed by atoms with van der Waals surface area (Å²) in [7, 11) is 0. The molecular weight excluding hydrogens is 235 g/mol. The average Bonchev–Trinajstić information content (AvgIpc) is 1.88. The molecule has 0 N–H and O–H groups in total. The van der Waals surface area contributed by atoms with E-state index in [2.05, 4.69) is 36.4 Å². The van der Waals surface area contributed by atoms with E-state index in [9.17, 15) is 0 Å². The van der Waals surface area contributed by atoms with E-state index in [1.807, 2.05) is 0 Å².